The quantitative estimate of drug-likeness (QED) is 0.831. The van der Waals surface area contributed by atoms with Crippen LogP contribution in [-0.4, -0.2) is 42.3 Å². The van der Waals surface area contributed by atoms with Crippen molar-refractivity contribution in [1.29, 1.82) is 0 Å². The van der Waals surface area contributed by atoms with Crippen LogP contribution < -0.4 is 5.73 Å². The minimum absolute atomic E-state index is 0.280. The zero-order valence-corrected chi connectivity index (χ0v) is 12.3. The van der Waals surface area contributed by atoms with Gasteiger partial charge in [0.1, 0.15) is 0 Å². The van der Waals surface area contributed by atoms with Gasteiger partial charge >= 0.3 is 0 Å². The molecule has 3 rings (SSSR count). The average molecular weight is 266 g/mol. The molecule has 0 aromatic rings. The van der Waals surface area contributed by atoms with Gasteiger partial charge in [-0.15, -0.1) is 0 Å². The van der Waals surface area contributed by atoms with Crippen molar-refractivity contribution in [3.63, 3.8) is 0 Å². The van der Waals surface area contributed by atoms with Gasteiger partial charge in [0, 0.05) is 18.7 Å². The Morgan fingerprint density at radius 2 is 1.84 bits per heavy atom. The molecule has 3 aliphatic rings. The molecule has 1 saturated heterocycles. The number of hydrogen-bond donors (Lipinski definition) is 1. The van der Waals surface area contributed by atoms with Gasteiger partial charge in [-0.05, 0) is 64.5 Å². The van der Waals surface area contributed by atoms with Gasteiger partial charge in [-0.2, -0.15) is 0 Å². The minimum Gasteiger partial charge on any atom is -0.375 e. The van der Waals surface area contributed by atoms with E-state index in [-0.39, 0.29) is 5.60 Å². The number of rotatable bonds is 5. The topological polar surface area (TPSA) is 38.5 Å². The molecule has 0 aromatic heterocycles. The summed E-state index contributed by atoms with van der Waals surface area (Å²) in [5.41, 5.74) is 6.02. The molecule has 2 N–H and O–H groups in total. The number of nitrogens with two attached hydrogens (primary N) is 1. The van der Waals surface area contributed by atoms with Gasteiger partial charge in [0.25, 0.3) is 0 Å². The molecular formula is C16H30N2O. The molecule has 1 atom stereocenters. The first kappa shape index (κ1) is 13.8. The molecule has 2 saturated carbocycles. The summed E-state index contributed by atoms with van der Waals surface area (Å²) in [6.45, 7) is 3.02. The third kappa shape index (κ3) is 2.98. The molecule has 2 aliphatic carbocycles. The van der Waals surface area contributed by atoms with E-state index >= 15 is 0 Å². The minimum atomic E-state index is 0.280. The molecule has 0 radical (unpaired) electrons. The van der Waals surface area contributed by atoms with Crippen LogP contribution >= 0.6 is 0 Å². The Kier molecular flexibility index (Phi) is 4.45. The van der Waals surface area contributed by atoms with Crippen LogP contribution in [0, 0.1) is 0 Å². The standard InChI is InChI=1S/C16H30N2O/c17-10-4-11-18(14-5-1-2-6-14)15-7-12-19-16(13-15)8-3-9-16/h14-15H,1-13,17H2. The molecule has 1 aliphatic heterocycles. The van der Waals surface area contributed by atoms with Gasteiger partial charge in [0.2, 0.25) is 0 Å². The van der Waals surface area contributed by atoms with Gasteiger partial charge in [0.15, 0.2) is 0 Å². The lowest BCUT2D eigenvalue weighted by atomic mass is 9.73. The maximum Gasteiger partial charge on any atom is 0.0697 e. The Bertz CT molecular complexity index is 284. The van der Waals surface area contributed by atoms with E-state index in [1.54, 1.807) is 0 Å². The molecule has 1 unspecified atom stereocenters. The highest BCUT2D eigenvalue weighted by Gasteiger charge is 2.44. The van der Waals surface area contributed by atoms with E-state index in [4.69, 9.17) is 10.5 Å². The summed E-state index contributed by atoms with van der Waals surface area (Å²) in [6, 6.07) is 1.61. The van der Waals surface area contributed by atoms with Gasteiger partial charge in [0.05, 0.1) is 5.60 Å². The first-order valence-electron chi connectivity index (χ1n) is 8.43. The lowest BCUT2D eigenvalue weighted by Crippen LogP contribution is -2.54. The van der Waals surface area contributed by atoms with Gasteiger partial charge < -0.3 is 10.5 Å². The number of hydrogen-bond acceptors (Lipinski definition) is 3. The Morgan fingerprint density at radius 3 is 2.47 bits per heavy atom. The third-order valence-electron chi connectivity index (χ3n) is 5.61. The monoisotopic (exact) mass is 266 g/mol. The Balaban J connectivity index is 1.63. The molecular weight excluding hydrogens is 236 g/mol. The van der Waals surface area contributed by atoms with E-state index in [0.717, 1.165) is 31.7 Å². The fourth-order valence-corrected chi connectivity index (χ4v) is 4.38. The SMILES string of the molecule is NCCCN(C1CCCC1)C1CCOC2(CCC2)C1. The van der Waals surface area contributed by atoms with E-state index in [9.17, 15) is 0 Å². The lowest BCUT2D eigenvalue weighted by Gasteiger charge is -2.50. The molecule has 110 valence electrons. The van der Waals surface area contributed by atoms with E-state index in [0.29, 0.717) is 0 Å². The van der Waals surface area contributed by atoms with Crippen LogP contribution in [0.1, 0.15) is 64.2 Å². The largest absolute Gasteiger partial charge is 0.375 e. The van der Waals surface area contributed by atoms with Crippen molar-refractivity contribution in [2.75, 3.05) is 19.7 Å². The summed E-state index contributed by atoms with van der Waals surface area (Å²) < 4.78 is 6.10. The predicted molar refractivity (Wildman–Crippen MR) is 78.2 cm³/mol. The zero-order valence-electron chi connectivity index (χ0n) is 12.3. The second-order valence-corrected chi connectivity index (χ2v) is 6.85. The number of nitrogens with zero attached hydrogens (tertiary/aromatic N) is 1. The molecule has 0 amide bonds. The smallest absolute Gasteiger partial charge is 0.0697 e. The molecule has 0 aromatic carbocycles. The molecule has 19 heavy (non-hydrogen) atoms. The van der Waals surface area contributed by atoms with Gasteiger partial charge in [-0.1, -0.05) is 12.8 Å². The van der Waals surface area contributed by atoms with Crippen LogP contribution in [0.2, 0.25) is 0 Å². The summed E-state index contributed by atoms with van der Waals surface area (Å²) in [4.78, 5) is 2.82. The fourth-order valence-electron chi connectivity index (χ4n) is 4.38. The average Bonchev–Trinajstić information content (AvgIpc) is 2.92. The molecule has 1 spiro atoms. The third-order valence-corrected chi connectivity index (χ3v) is 5.61. The molecule has 3 nitrogen and oxygen atoms in total. The van der Waals surface area contributed by atoms with Gasteiger partial charge in [-0.3, -0.25) is 4.90 Å². The zero-order chi connectivity index (χ0) is 13.1. The Morgan fingerprint density at radius 1 is 1.05 bits per heavy atom. The van der Waals surface area contributed by atoms with Crippen LogP contribution in [-0.2, 0) is 4.74 Å². The predicted octanol–water partition coefficient (Wildman–Crippen LogP) is 2.68. The van der Waals surface area contributed by atoms with E-state index in [1.807, 2.05) is 0 Å². The van der Waals surface area contributed by atoms with E-state index in [1.165, 1.54) is 64.3 Å². The van der Waals surface area contributed by atoms with Crippen LogP contribution in [0.25, 0.3) is 0 Å². The first-order valence-corrected chi connectivity index (χ1v) is 8.43. The summed E-state index contributed by atoms with van der Waals surface area (Å²) in [5.74, 6) is 0. The lowest BCUT2D eigenvalue weighted by molar-refractivity contribution is -0.151. The van der Waals surface area contributed by atoms with Crippen molar-refractivity contribution >= 4 is 0 Å². The summed E-state index contributed by atoms with van der Waals surface area (Å²) in [7, 11) is 0. The summed E-state index contributed by atoms with van der Waals surface area (Å²) in [6.07, 6.45) is 13.3. The summed E-state index contributed by atoms with van der Waals surface area (Å²) in [5, 5.41) is 0. The summed E-state index contributed by atoms with van der Waals surface area (Å²) >= 11 is 0. The van der Waals surface area contributed by atoms with E-state index < -0.39 is 0 Å². The van der Waals surface area contributed by atoms with Crippen molar-refractivity contribution < 1.29 is 4.74 Å². The maximum atomic E-state index is 6.10. The molecule has 3 heteroatoms. The van der Waals surface area contributed by atoms with Crippen molar-refractivity contribution in [2.24, 2.45) is 5.73 Å². The second-order valence-electron chi connectivity index (χ2n) is 6.85. The highest BCUT2D eigenvalue weighted by molar-refractivity contribution is 4.98. The molecule has 1 heterocycles. The van der Waals surface area contributed by atoms with E-state index in [2.05, 4.69) is 4.90 Å². The van der Waals surface area contributed by atoms with Crippen molar-refractivity contribution in [1.82, 2.24) is 4.90 Å². The fraction of sp³-hybridized carbons (Fsp3) is 1.00. The second kappa shape index (κ2) is 6.11. The van der Waals surface area contributed by atoms with Crippen LogP contribution in [0.4, 0.5) is 0 Å². The van der Waals surface area contributed by atoms with Crippen molar-refractivity contribution in [3.05, 3.63) is 0 Å². The van der Waals surface area contributed by atoms with Crippen molar-refractivity contribution in [3.8, 4) is 0 Å². The molecule has 3 fully saturated rings. The van der Waals surface area contributed by atoms with Crippen LogP contribution in [0.3, 0.4) is 0 Å². The number of ether oxygens (including phenoxy) is 1. The van der Waals surface area contributed by atoms with Crippen molar-refractivity contribution in [2.45, 2.75) is 81.9 Å². The Hall–Kier alpha value is -0.120. The highest BCUT2D eigenvalue weighted by atomic mass is 16.5. The van der Waals surface area contributed by atoms with Crippen LogP contribution in [0.15, 0.2) is 0 Å². The van der Waals surface area contributed by atoms with Gasteiger partial charge in [-0.25, -0.2) is 0 Å². The highest BCUT2D eigenvalue weighted by Crippen LogP contribution is 2.44. The normalized spacial score (nSPS) is 30.9. The molecule has 0 bridgehead atoms. The maximum absolute atomic E-state index is 6.10. The first-order chi connectivity index (χ1) is 9.33. The van der Waals surface area contributed by atoms with Crippen LogP contribution in [0.5, 0.6) is 0 Å². The Labute approximate surface area is 117 Å².